The standard InChI is InChI=1S/C73H121N5O53/c1-18(88)55(39(96)24(8-79)74-19(2)89)123-64-36(76-21(4)91)46(103)57(32(15-86)119-64)125-68-53(110)60(45(102)34(122-68)17-114-70-62(50(107)42(99)28(11-82)117-70)128-65-37(77-22(5)92)47(104)56(31(14-85)120-65)124-67-52(109)49(106)41(98)27(10-81)115-67)127-71-63(51(108)43(100)29(12-83)118-71)129-66-38(78-23(6)93)48(105)58(33(16-87)121-66)126-69-54(111)61(44(101)30(13-84)116-69)131-73(72(112)113)7-25(94)35(75-20(3)90)59(130-73)40(97)26(95)9-80/h8,18,24-71,80-88,94-111H,7,9-17H2,1-6H3,(H,74,89)(H,75,90)(H,76,91)(H,77,92)(H,78,93)(H,112,113)/t18-,24+,25+,26-,27-,28-,29-,30-,31-,32-,33-,34-,35-,36-,37-,38-,39-,40-,41+,42-,43-,44+,45-,46-,47-,48-,49+,50+,51+,52-,53+,54-,55-,56-,57-,58-,59-,60+,61+,62+,63+,64+,65-,66-,67+,68+,69+,70+,71-,73+/m1/s1. The summed E-state index contributed by atoms with van der Waals surface area (Å²) in [4.78, 5) is 89.0. The highest BCUT2D eigenvalue weighted by Crippen LogP contribution is 2.43. The molecule has 0 saturated carbocycles. The molecule has 9 aliphatic rings. The van der Waals surface area contributed by atoms with Crippen molar-refractivity contribution < 1.29 is 262 Å². The molecule has 9 heterocycles. The summed E-state index contributed by atoms with van der Waals surface area (Å²) in [6, 6.07) is -9.68. The Hall–Kier alpha value is -5.31. The van der Waals surface area contributed by atoms with Crippen molar-refractivity contribution in [3.05, 3.63) is 0 Å². The highest BCUT2D eigenvalue weighted by Gasteiger charge is 2.64. The number of nitrogens with one attached hydrogen (secondary N) is 5. The second-order valence-corrected chi connectivity index (χ2v) is 32.8. The van der Waals surface area contributed by atoms with Crippen LogP contribution in [0, 0.1) is 0 Å². The van der Waals surface area contributed by atoms with Gasteiger partial charge in [0.2, 0.25) is 29.5 Å². The van der Waals surface area contributed by atoms with Crippen molar-refractivity contribution in [1.29, 1.82) is 0 Å². The molecular weight excluding hydrogens is 1790 g/mol. The van der Waals surface area contributed by atoms with Gasteiger partial charge >= 0.3 is 5.97 Å². The van der Waals surface area contributed by atoms with Gasteiger partial charge in [-0.2, -0.15) is 0 Å². The van der Waals surface area contributed by atoms with Gasteiger partial charge in [0.05, 0.1) is 77.7 Å². The van der Waals surface area contributed by atoms with Gasteiger partial charge in [0.1, 0.15) is 238 Å². The summed E-state index contributed by atoms with van der Waals surface area (Å²) in [6.07, 6.45) is -98.8. The lowest BCUT2D eigenvalue weighted by atomic mass is 9.88. The van der Waals surface area contributed by atoms with Gasteiger partial charge in [-0.1, -0.05) is 0 Å². The Morgan fingerprint density at radius 2 is 0.733 bits per heavy atom. The van der Waals surface area contributed by atoms with Gasteiger partial charge in [-0.25, -0.2) is 4.79 Å². The molecule has 9 fully saturated rings. The van der Waals surface area contributed by atoms with Crippen LogP contribution < -0.4 is 26.6 Å². The minimum atomic E-state index is -3.33. The summed E-state index contributed by atoms with van der Waals surface area (Å²) >= 11 is 0. The molecule has 0 aromatic carbocycles. The number of aliphatic hydroxyl groups excluding tert-OH is 27. The number of aliphatic carboxylic acids is 1. The second-order valence-electron chi connectivity index (χ2n) is 32.8. The zero-order chi connectivity index (χ0) is 97.3. The maximum absolute atomic E-state index is 13.3. The summed E-state index contributed by atoms with van der Waals surface area (Å²) < 4.78 is 107. The fourth-order valence-corrected chi connectivity index (χ4v) is 16.5. The molecule has 50 atom stereocenters. The van der Waals surface area contributed by atoms with Crippen LogP contribution in [0.1, 0.15) is 48.0 Å². The van der Waals surface area contributed by atoms with Crippen molar-refractivity contribution in [3.63, 3.8) is 0 Å². The van der Waals surface area contributed by atoms with Crippen molar-refractivity contribution >= 4 is 41.8 Å². The van der Waals surface area contributed by atoms with E-state index in [1.807, 2.05) is 0 Å². The van der Waals surface area contributed by atoms with Gasteiger partial charge in [0, 0.05) is 41.0 Å². The number of carbonyl (C=O) groups is 7. The van der Waals surface area contributed by atoms with Gasteiger partial charge in [-0.15, -0.1) is 0 Å². The van der Waals surface area contributed by atoms with Crippen LogP contribution in [0.4, 0.5) is 0 Å². The number of ether oxygens (including phenoxy) is 18. The topological polar surface area (TPSA) is 912 Å². The number of carboxylic acids is 1. The Morgan fingerprint density at radius 1 is 0.382 bits per heavy atom. The monoisotopic (exact) mass is 1920 g/mol. The van der Waals surface area contributed by atoms with Gasteiger partial charge in [0.15, 0.2) is 50.3 Å². The van der Waals surface area contributed by atoms with Gasteiger partial charge in [0.25, 0.3) is 5.79 Å². The van der Waals surface area contributed by atoms with E-state index in [1.54, 1.807) is 0 Å². The first-order valence-electron chi connectivity index (χ1n) is 41.4. The molecule has 9 aliphatic heterocycles. The third-order valence-electron chi connectivity index (χ3n) is 23.3. The largest absolute Gasteiger partial charge is 0.477 e. The molecule has 58 heteroatoms. The molecule has 9 rings (SSSR count). The van der Waals surface area contributed by atoms with Crippen molar-refractivity contribution in [2.24, 2.45) is 0 Å². The molecule has 0 aliphatic carbocycles. The summed E-state index contributed by atoms with van der Waals surface area (Å²) in [6.45, 7) is -5.27. The number of hydrogen-bond donors (Lipinski definition) is 33. The van der Waals surface area contributed by atoms with Crippen molar-refractivity contribution in [2.45, 2.75) is 354 Å². The molecule has 0 unspecified atom stereocenters. The average Bonchev–Trinajstić information content (AvgIpc) is 0.753. The van der Waals surface area contributed by atoms with E-state index < -0.39 is 407 Å². The number of amides is 5. The van der Waals surface area contributed by atoms with Crippen molar-refractivity contribution in [3.8, 4) is 0 Å². The van der Waals surface area contributed by atoms with Gasteiger partial charge in [-0.05, 0) is 6.92 Å². The number of aliphatic hydroxyl groups is 27. The number of carbonyl (C=O) groups excluding carboxylic acids is 6. The maximum Gasteiger partial charge on any atom is 0.364 e. The molecule has 0 aromatic heterocycles. The predicted octanol–water partition coefficient (Wildman–Crippen LogP) is -22.0. The normalized spacial score (nSPS) is 44.9. The van der Waals surface area contributed by atoms with Crippen LogP contribution in [-0.4, -0.2) is 550 Å². The highest BCUT2D eigenvalue weighted by atomic mass is 16.8. The van der Waals surface area contributed by atoms with E-state index in [0.29, 0.717) is 0 Å². The zero-order valence-corrected chi connectivity index (χ0v) is 70.7. The minimum Gasteiger partial charge on any atom is -0.477 e. The molecule has 0 spiro atoms. The quantitative estimate of drug-likeness (QED) is 0.0254. The summed E-state index contributed by atoms with van der Waals surface area (Å²) in [5.41, 5.74) is 0. The Balaban J connectivity index is 1.05. The Labute approximate surface area is 741 Å². The first-order valence-corrected chi connectivity index (χ1v) is 41.4. The molecule has 58 nitrogen and oxygen atoms in total. The van der Waals surface area contributed by atoms with Gasteiger partial charge in [-0.3, -0.25) is 24.0 Å². The van der Waals surface area contributed by atoms with Crippen molar-refractivity contribution in [1.82, 2.24) is 26.6 Å². The zero-order valence-electron chi connectivity index (χ0n) is 70.7. The van der Waals surface area contributed by atoms with Crippen LogP contribution in [0.15, 0.2) is 0 Å². The molecule has 0 radical (unpaired) electrons. The number of carboxylic acid groups (broad SMARTS) is 1. The molecule has 9 saturated heterocycles. The summed E-state index contributed by atoms with van der Waals surface area (Å²) in [5.74, 6) is -10.3. The van der Waals surface area contributed by atoms with E-state index >= 15 is 0 Å². The molecule has 131 heavy (non-hydrogen) atoms. The third kappa shape index (κ3) is 24.9. The molecule has 0 bridgehead atoms. The van der Waals surface area contributed by atoms with Crippen molar-refractivity contribution in [2.75, 3.05) is 59.5 Å². The summed E-state index contributed by atoms with van der Waals surface area (Å²) in [5, 5.41) is 326. The molecule has 5 amide bonds. The molecule has 756 valence electrons. The second kappa shape index (κ2) is 47.8. The van der Waals surface area contributed by atoms with E-state index in [1.165, 1.54) is 0 Å². The van der Waals surface area contributed by atoms with Crippen LogP contribution in [0.25, 0.3) is 0 Å². The van der Waals surface area contributed by atoms with E-state index in [0.717, 1.165) is 41.5 Å². The minimum absolute atomic E-state index is 0.0690. The third-order valence-corrected chi connectivity index (χ3v) is 23.3. The smallest absolute Gasteiger partial charge is 0.364 e. The van der Waals surface area contributed by atoms with Crippen LogP contribution in [0.5, 0.6) is 0 Å². The molecular formula is C73H121N5O53. The lowest BCUT2D eigenvalue weighted by Crippen LogP contribution is -2.71. The van der Waals surface area contributed by atoms with E-state index in [2.05, 4.69) is 26.6 Å². The number of aldehydes is 1. The lowest BCUT2D eigenvalue weighted by molar-refractivity contribution is -0.400. The fraction of sp³-hybridized carbons (Fsp3) is 0.904. The highest BCUT2D eigenvalue weighted by molar-refractivity contribution is 5.78. The first kappa shape index (κ1) is 109. The SMILES string of the molecule is CC(=O)N[C@H]1[C@H](O[C@@H]([C@H](O)[C@H](C=O)NC(C)=O)[C@@H](C)O)O[C@H](CO)[C@@H](O[C@@H]2O[C@H](CO[C@H]3O[C@H](CO)[C@@H](O)[C@H](O)[C@@H]3O[C@H]3O[C@H](CO)[C@@H](O[C@@H]4O[C@H](CO)[C@H](O)[C@H](O)[C@H]4O)[C@H](O)[C@H]3NC(C)=O)[C@@H](O)[C@H](O[C@H]3O[C@H](CO)[C@@H](O)[C@H](O)[C@@H]3O[C@H]3O[C@H](CO)[C@@H](O[C@@H]4O[C@H](CO)[C@H](O)[C@H](O[C@]5(C(=O)O)C[C@H](O)[C@@H](NC(C)=O)[C@H]([C@H](O)[C@H](O)CO)O5)[C@H]4O)[C@H](O)[C@H]3NC(C)=O)[C@@H]2O)[C@@H]1O. The average molecular weight is 1920 g/mol. The van der Waals surface area contributed by atoms with E-state index in [-0.39, 0.29) is 6.29 Å². The van der Waals surface area contributed by atoms with E-state index in [4.69, 9.17) is 85.3 Å². The van der Waals surface area contributed by atoms with Crippen LogP contribution in [-0.2, 0) is 119 Å². The first-order chi connectivity index (χ1) is 61.7. The van der Waals surface area contributed by atoms with Crippen LogP contribution in [0.3, 0.4) is 0 Å². The number of rotatable bonds is 39. The fourth-order valence-electron chi connectivity index (χ4n) is 16.5. The van der Waals surface area contributed by atoms with Crippen LogP contribution >= 0.6 is 0 Å². The van der Waals surface area contributed by atoms with Gasteiger partial charge < -0.3 is 260 Å². The Kier molecular flexibility index (Phi) is 39.9. The lowest BCUT2D eigenvalue weighted by Gasteiger charge is -2.51. The van der Waals surface area contributed by atoms with E-state index in [9.17, 15) is 177 Å². The predicted molar refractivity (Wildman–Crippen MR) is 405 cm³/mol. The molecule has 33 N–H and O–H groups in total. The summed E-state index contributed by atoms with van der Waals surface area (Å²) in [7, 11) is 0. The Morgan fingerprint density at radius 3 is 1.15 bits per heavy atom. The maximum atomic E-state index is 13.3. The molecule has 0 aromatic rings. The van der Waals surface area contributed by atoms with Crippen LogP contribution in [0.2, 0.25) is 0 Å². The Bertz CT molecular complexity index is 3640. The number of hydrogen-bond acceptors (Lipinski definition) is 52.